The number of rotatable bonds is 8. The van der Waals surface area contributed by atoms with Gasteiger partial charge in [0.1, 0.15) is 5.75 Å². The quantitative estimate of drug-likeness (QED) is 0.533. The predicted molar refractivity (Wildman–Crippen MR) is 112 cm³/mol. The van der Waals surface area contributed by atoms with Crippen LogP contribution < -0.4 is 28.4 Å². The lowest BCUT2D eigenvalue weighted by molar-refractivity contribution is 0.324. The van der Waals surface area contributed by atoms with Crippen molar-refractivity contribution in [1.29, 1.82) is 0 Å². The van der Waals surface area contributed by atoms with E-state index >= 15 is 0 Å². The molecule has 0 amide bonds. The van der Waals surface area contributed by atoms with Gasteiger partial charge in [-0.2, -0.15) is 4.37 Å². The van der Waals surface area contributed by atoms with Crippen LogP contribution in [0.2, 0.25) is 0 Å². The maximum absolute atomic E-state index is 5.59. The maximum Gasteiger partial charge on any atom is 0.203 e. The van der Waals surface area contributed by atoms with Crippen LogP contribution in [0.3, 0.4) is 0 Å². The Hall–Kier alpha value is -3.13. The molecular formula is C21H23NO6S. The van der Waals surface area contributed by atoms with Gasteiger partial charge in [-0.1, -0.05) is 0 Å². The summed E-state index contributed by atoms with van der Waals surface area (Å²) in [7, 11) is 9.54. The molecule has 0 aliphatic heterocycles. The van der Waals surface area contributed by atoms with Crippen molar-refractivity contribution >= 4 is 11.5 Å². The van der Waals surface area contributed by atoms with Gasteiger partial charge in [-0.15, -0.1) is 0 Å². The first-order chi connectivity index (χ1) is 14.1. The molecule has 0 atom stereocenters. The summed E-state index contributed by atoms with van der Waals surface area (Å²) in [5, 5.41) is 1.96. The number of hydrogen-bond donors (Lipinski definition) is 0. The Bertz CT molecular complexity index is 976. The zero-order chi connectivity index (χ0) is 21.0. The van der Waals surface area contributed by atoms with Crippen molar-refractivity contribution in [3.05, 3.63) is 29.6 Å². The molecule has 7 nitrogen and oxygen atoms in total. The van der Waals surface area contributed by atoms with Gasteiger partial charge in [-0.25, -0.2) is 0 Å². The highest BCUT2D eigenvalue weighted by atomic mass is 32.1. The number of benzene rings is 2. The molecule has 1 heterocycles. The molecule has 8 heteroatoms. The average Bonchev–Trinajstić information content (AvgIpc) is 3.26. The molecule has 154 valence electrons. The third kappa shape index (κ3) is 3.75. The predicted octanol–water partition coefficient (Wildman–Crippen LogP) is 4.53. The van der Waals surface area contributed by atoms with E-state index < -0.39 is 0 Å². The van der Waals surface area contributed by atoms with Gasteiger partial charge in [0.2, 0.25) is 5.75 Å². The Kier molecular flexibility index (Phi) is 6.33. The van der Waals surface area contributed by atoms with Crippen LogP contribution >= 0.6 is 11.5 Å². The first kappa shape index (κ1) is 20.6. The summed E-state index contributed by atoms with van der Waals surface area (Å²) in [5.74, 6) is 3.47. The van der Waals surface area contributed by atoms with E-state index in [4.69, 9.17) is 28.4 Å². The highest BCUT2D eigenvalue weighted by molar-refractivity contribution is 7.04. The van der Waals surface area contributed by atoms with Gasteiger partial charge in [0.15, 0.2) is 23.0 Å². The third-order valence-corrected chi connectivity index (χ3v) is 5.14. The zero-order valence-electron chi connectivity index (χ0n) is 17.2. The highest BCUT2D eigenvalue weighted by Crippen LogP contribution is 2.46. The van der Waals surface area contributed by atoms with E-state index in [1.54, 1.807) is 48.7 Å². The highest BCUT2D eigenvalue weighted by Gasteiger charge is 2.21. The van der Waals surface area contributed by atoms with Crippen molar-refractivity contribution in [2.75, 3.05) is 42.7 Å². The molecule has 0 saturated carbocycles. The second kappa shape index (κ2) is 8.91. The normalized spacial score (nSPS) is 10.4. The molecule has 0 N–H and O–H groups in total. The summed E-state index contributed by atoms with van der Waals surface area (Å²) < 4.78 is 37.4. The van der Waals surface area contributed by atoms with Crippen LogP contribution in [0.5, 0.6) is 34.5 Å². The standard InChI is InChI=1S/C21H23NO6S/c1-23-15-10-17(25-3)16(24-2)9-13(15)20-14(11-29-22-20)12-7-18(26-4)21(28-6)19(8-12)27-5/h7-11H,1-6H3. The van der Waals surface area contributed by atoms with Crippen molar-refractivity contribution in [1.82, 2.24) is 4.37 Å². The van der Waals surface area contributed by atoms with E-state index in [0.717, 1.165) is 22.4 Å². The molecular weight excluding hydrogens is 394 g/mol. The van der Waals surface area contributed by atoms with Crippen LogP contribution in [0.25, 0.3) is 22.4 Å². The second-order valence-corrected chi connectivity index (χ2v) is 6.53. The Morgan fingerprint density at radius 2 is 1.14 bits per heavy atom. The van der Waals surface area contributed by atoms with Crippen molar-refractivity contribution in [2.45, 2.75) is 0 Å². The Balaban J connectivity index is 2.21. The van der Waals surface area contributed by atoms with Crippen LogP contribution in [-0.2, 0) is 0 Å². The van der Waals surface area contributed by atoms with Crippen molar-refractivity contribution in [3.8, 4) is 56.9 Å². The lowest BCUT2D eigenvalue weighted by Gasteiger charge is -2.16. The van der Waals surface area contributed by atoms with Crippen LogP contribution in [0.15, 0.2) is 29.6 Å². The summed E-state index contributed by atoms with van der Waals surface area (Å²) in [5.41, 5.74) is 3.32. The minimum Gasteiger partial charge on any atom is -0.496 e. The van der Waals surface area contributed by atoms with E-state index in [2.05, 4.69) is 4.37 Å². The Morgan fingerprint density at radius 3 is 1.66 bits per heavy atom. The SMILES string of the molecule is COc1cc(OC)c(-c2nscc2-c2cc(OC)c(OC)c(OC)c2)cc1OC. The topological polar surface area (TPSA) is 68.3 Å². The van der Waals surface area contributed by atoms with Gasteiger partial charge in [0.05, 0.1) is 48.4 Å². The minimum atomic E-state index is 0.534. The molecule has 0 bridgehead atoms. The van der Waals surface area contributed by atoms with Crippen molar-refractivity contribution in [3.63, 3.8) is 0 Å². The minimum absolute atomic E-state index is 0.534. The summed E-state index contributed by atoms with van der Waals surface area (Å²) in [6, 6.07) is 7.42. The maximum atomic E-state index is 5.59. The Labute approximate surface area is 173 Å². The summed E-state index contributed by atoms with van der Waals surface area (Å²) in [6.45, 7) is 0. The van der Waals surface area contributed by atoms with E-state index in [1.165, 1.54) is 11.5 Å². The van der Waals surface area contributed by atoms with E-state index in [9.17, 15) is 0 Å². The van der Waals surface area contributed by atoms with Crippen LogP contribution in [-0.4, -0.2) is 47.0 Å². The first-order valence-corrected chi connectivity index (χ1v) is 9.50. The molecule has 29 heavy (non-hydrogen) atoms. The number of hydrogen-bond acceptors (Lipinski definition) is 8. The molecule has 0 fully saturated rings. The monoisotopic (exact) mass is 417 g/mol. The second-order valence-electron chi connectivity index (χ2n) is 5.90. The molecule has 0 aliphatic rings. The number of aromatic nitrogens is 1. The van der Waals surface area contributed by atoms with E-state index in [1.807, 2.05) is 23.6 Å². The molecule has 0 spiro atoms. The molecule has 2 aromatic carbocycles. The average molecular weight is 417 g/mol. The van der Waals surface area contributed by atoms with Gasteiger partial charge in [0, 0.05) is 22.6 Å². The van der Waals surface area contributed by atoms with Crippen LogP contribution in [0.4, 0.5) is 0 Å². The van der Waals surface area contributed by atoms with Gasteiger partial charge in [-0.05, 0) is 35.3 Å². The molecule has 3 rings (SSSR count). The fourth-order valence-corrected chi connectivity index (χ4v) is 3.79. The number of nitrogens with zero attached hydrogens (tertiary/aromatic N) is 1. The van der Waals surface area contributed by atoms with Crippen molar-refractivity contribution in [2.24, 2.45) is 0 Å². The lowest BCUT2D eigenvalue weighted by Crippen LogP contribution is -1.97. The van der Waals surface area contributed by atoms with E-state index in [0.29, 0.717) is 34.5 Å². The summed E-state index contributed by atoms with van der Waals surface area (Å²) in [6.07, 6.45) is 0. The van der Waals surface area contributed by atoms with Crippen LogP contribution in [0.1, 0.15) is 0 Å². The third-order valence-electron chi connectivity index (χ3n) is 4.51. The summed E-state index contributed by atoms with van der Waals surface area (Å²) >= 11 is 1.34. The van der Waals surface area contributed by atoms with Gasteiger partial charge < -0.3 is 28.4 Å². The fourth-order valence-electron chi connectivity index (χ4n) is 3.09. The molecule has 1 aromatic heterocycles. The first-order valence-electron chi connectivity index (χ1n) is 8.66. The van der Waals surface area contributed by atoms with Gasteiger partial charge in [0.25, 0.3) is 0 Å². The molecule has 0 saturated heterocycles. The number of methoxy groups -OCH3 is 6. The zero-order valence-corrected chi connectivity index (χ0v) is 18.0. The Morgan fingerprint density at radius 1 is 0.586 bits per heavy atom. The fraction of sp³-hybridized carbons (Fsp3) is 0.286. The molecule has 0 radical (unpaired) electrons. The smallest absolute Gasteiger partial charge is 0.203 e. The van der Waals surface area contributed by atoms with E-state index in [-0.39, 0.29) is 0 Å². The number of ether oxygens (including phenoxy) is 6. The van der Waals surface area contributed by atoms with Crippen molar-refractivity contribution < 1.29 is 28.4 Å². The molecule has 0 unspecified atom stereocenters. The van der Waals surface area contributed by atoms with Gasteiger partial charge in [-0.3, -0.25) is 0 Å². The largest absolute Gasteiger partial charge is 0.496 e. The van der Waals surface area contributed by atoms with Crippen LogP contribution in [0, 0.1) is 0 Å². The van der Waals surface area contributed by atoms with Gasteiger partial charge >= 0.3 is 0 Å². The molecule has 0 aliphatic carbocycles. The molecule has 3 aromatic rings. The summed E-state index contributed by atoms with van der Waals surface area (Å²) in [4.78, 5) is 0. The lowest BCUT2D eigenvalue weighted by atomic mass is 10.00.